The second-order valence-electron chi connectivity index (χ2n) is 2.97. The number of sulfonamides is 1. The van der Waals surface area contributed by atoms with E-state index in [1.54, 1.807) is 7.05 Å². The molecule has 0 atom stereocenters. The van der Waals surface area contributed by atoms with Gasteiger partial charge in [-0.3, -0.25) is 4.72 Å². The SMILES string of the molecule is Cn1cnc(S(=O)(=O)Nc2cnoc2)c1Cl. The van der Waals surface area contributed by atoms with Crippen LogP contribution in [0.4, 0.5) is 5.69 Å². The molecule has 0 aliphatic carbocycles. The monoisotopic (exact) mass is 262 g/mol. The highest BCUT2D eigenvalue weighted by molar-refractivity contribution is 7.92. The van der Waals surface area contributed by atoms with Crippen molar-refractivity contribution in [3.63, 3.8) is 0 Å². The van der Waals surface area contributed by atoms with Crippen LogP contribution in [0.15, 0.2) is 28.3 Å². The van der Waals surface area contributed by atoms with Gasteiger partial charge in [0.1, 0.15) is 17.1 Å². The minimum absolute atomic E-state index is 0.0314. The zero-order valence-corrected chi connectivity index (χ0v) is 9.66. The van der Waals surface area contributed by atoms with Crippen LogP contribution < -0.4 is 4.72 Å². The molecule has 2 heterocycles. The number of rotatable bonds is 3. The van der Waals surface area contributed by atoms with Gasteiger partial charge in [-0.05, 0) is 0 Å². The lowest BCUT2D eigenvalue weighted by Gasteiger charge is -2.02. The molecule has 0 aromatic carbocycles. The van der Waals surface area contributed by atoms with E-state index in [-0.39, 0.29) is 15.9 Å². The second-order valence-corrected chi connectivity index (χ2v) is 4.93. The third kappa shape index (κ3) is 1.89. The largest absolute Gasteiger partial charge is 0.362 e. The van der Waals surface area contributed by atoms with Gasteiger partial charge >= 0.3 is 0 Å². The molecule has 0 amide bonds. The van der Waals surface area contributed by atoms with Crippen LogP contribution in [-0.4, -0.2) is 23.1 Å². The summed E-state index contributed by atoms with van der Waals surface area (Å²) in [5.74, 6) is 0. The van der Waals surface area contributed by atoms with Crippen molar-refractivity contribution in [2.45, 2.75) is 5.03 Å². The molecule has 86 valence electrons. The van der Waals surface area contributed by atoms with Crippen LogP contribution in [0, 0.1) is 0 Å². The average molecular weight is 263 g/mol. The van der Waals surface area contributed by atoms with Crippen molar-refractivity contribution in [3.05, 3.63) is 23.9 Å². The number of aryl methyl sites for hydroxylation is 1. The maximum atomic E-state index is 11.8. The number of halogens is 1. The van der Waals surface area contributed by atoms with Crippen LogP contribution in [0.3, 0.4) is 0 Å². The van der Waals surface area contributed by atoms with Crippen molar-refractivity contribution in [1.82, 2.24) is 14.7 Å². The average Bonchev–Trinajstić information content (AvgIpc) is 2.78. The maximum absolute atomic E-state index is 11.8. The standard InChI is InChI=1S/C7H7ClN4O3S/c1-12-4-9-7(6(12)8)16(13,14)11-5-2-10-15-3-5/h2-4,11H,1H3. The van der Waals surface area contributed by atoms with E-state index in [0.29, 0.717) is 0 Å². The number of hydrogen-bond acceptors (Lipinski definition) is 5. The molecule has 1 N–H and O–H groups in total. The van der Waals surface area contributed by atoms with Gasteiger partial charge in [0.15, 0.2) is 0 Å². The zero-order chi connectivity index (χ0) is 11.8. The van der Waals surface area contributed by atoms with Crippen molar-refractivity contribution in [2.75, 3.05) is 4.72 Å². The van der Waals surface area contributed by atoms with E-state index in [1.165, 1.54) is 17.1 Å². The van der Waals surface area contributed by atoms with Gasteiger partial charge in [-0.15, -0.1) is 0 Å². The van der Waals surface area contributed by atoms with Gasteiger partial charge in [-0.1, -0.05) is 16.8 Å². The van der Waals surface area contributed by atoms with Crippen molar-refractivity contribution < 1.29 is 12.9 Å². The molecular weight excluding hydrogens is 256 g/mol. The van der Waals surface area contributed by atoms with Crippen molar-refractivity contribution in [3.8, 4) is 0 Å². The predicted octanol–water partition coefficient (Wildman–Crippen LogP) is 0.862. The molecule has 0 aliphatic heterocycles. The van der Waals surface area contributed by atoms with Gasteiger partial charge in [0.25, 0.3) is 10.0 Å². The van der Waals surface area contributed by atoms with Gasteiger partial charge in [0, 0.05) is 7.05 Å². The smallest absolute Gasteiger partial charge is 0.282 e. The van der Waals surface area contributed by atoms with Gasteiger partial charge < -0.3 is 9.09 Å². The summed E-state index contributed by atoms with van der Waals surface area (Å²) in [4.78, 5) is 3.70. The molecule has 0 radical (unpaired) electrons. The fraction of sp³-hybridized carbons (Fsp3) is 0.143. The number of nitrogens with zero attached hydrogens (tertiary/aromatic N) is 3. The van der Waals surface area contributed by atoms with Crippen molar-refractivity contribution in [1.29, 1.82) is 0 Å². The molecule has 2 aromatic rings. The molecule has 9 heteroatoms. The fourth-order valence-corrected chi connectivity index (χ4v) is 2.49. The Bertz CT molecular complexity index is 589. The van der Waals surface area contributed by atoms with Crippen molar-refractivity contribution >= 4 is 27.3 Å². The Morgan fingerprint density at radius 1 is 1.56 bits per heavy atom. The summed E-state index contributed by atoms with van der Waals surface area (Å²) in [6, 6.07) is 0. The van der Waals surface area contributed by atoms with Gasteiger partial charge in [0.2, 0.25) is 5.03 Å². The Kier molecular flexibility index (Phi) is 2.60. The van der Waals surface area contributed by atoms with E-state index in [4.69, 9.17) is 11.6 Å². The summed E-state index contributed by atoms with van der Waals surface area (Å²) < 4.78 is 31.7. The summed E-state index contributed by atoms with van der Waals surface area (Å²) in [6.45, 7) is 0. The molecule has 2 aromatic heterocycles. The summed E-state index contributed by atoms with van der Waals surface area (Å²) in [6.07, 6.45) is 3.70. The molecule has 0 spiro atoms. The number of nitrogens with one attached hydrogen (secondary N) is 1. The number of aromatic nitrogens is 3. The van der Waals surface area contributed by atoms with E-state index in [2.05, 4.69) is 19.4 Å². The molecule has 16 heavy (non-hydrogen) atoms. The minimum atomic E-state index is -3.81. The Hall–Kier alpha value is -1.54. The lowest BCUT2D eigenvalue weighted by atomic mass is 10.6. The molecule has 0 fully saturated rings. The first-order valence-corrected chi connectivity index (χ1v) is 5.96. The van der Waals surface area contributed by atoms with E-state index in [1.807, 2.05) is 0 Å². The van der Waals surface area contributed by atoms with Crippen molar-refractivity contribution in [2.24, 2.45) is 7.05 Å². The molecule has 0 aliphatic rings. The van der Waals surface area contributed by atoms with Crippen LogP contribution in [-0.2, 0) is 17.1 Å². The normalized spacial score (nSPS) is 11.6. The predicted molar refractivity (Wildman–Crippen MR) is 55.5 cm³/mol. The quantitative estimate of drug-likeness (QED) is 0.886. The van der Waals surface area contributed by atoms with E-state index < -0.39 is 10.0 Å². The van der Waals surface area contributed by atoms with Crippen LogP contribution in [0.2, 0.25) is 5.15 Å². The Balaban J connectivity index is 2.36. The molecule has 0 bridgehead atoms. The van der Waals surface area contributed by atoms with Gasteiger partial charge in [0.05, 0.1) is 12.5 Å². The molecule has 0 unspecified atom stereocenters. The molecule has 2 rings (SSSR count). The third-order valence-corrected chi connectivity index (χ3v) is 3.64. The van der Waals surface area contributed by atoms with E-state index in [9.17, 15) is 8.42 Å². The first kappa shape index (κ1) is 11.0. The molecule has 0 saturated heterocycles. The fourth-order valence-electron chi connectivity index (χ4n) is 1.03. The Labute approximate surface area is 96.1 Å². The number of anilines is 1. The highest BCUT2D eigenvalue weighted by Crippen LogP contribution is 2.21. The minimum Gasteiger partial charge on any atom is -0.362 e. The lowest BCUT2D eigenvalue weighted by Crippen LogP contribution is -2.13. The Morgan fingerprint density at radius 3 is 2.81 bits per heavy atom. The second kappa shape index (κ2) is 3.80. The first-order valence-electron chi connectivity index (χ1n) is 4.10. The van der Waals surface area contributed by atoms with Crippen LogP contribution in [0.25, 0.3) is 0 Å². The first-order chi connectivity index (χ1) is 7.50. The topological polar surface area (TPSA) is 90.0 Å². The highest BCUT2D eigenvalue weighted by Gasteiger charge is 2.22. The summed E-state index contributed by atoms with van der Waals surface area (Å²) in [5.41, 5.74) is 0.210. The lowest BCUT2D eigenvalue weighted by molar-refractivity contribution is 0.420. The maximum Gasteiger partial charge on any atom is 0.282 e. The van der Waals surface area contributed by atoms with Gasteiger partial charge in [-0.25, -0.2) is 4.98 Å². The Morgan fingerprint density at radius 2 is 2.31 bits per heavy atom. The molecule has 7 nitrogen and oxygen atoms in total. The van der Waals surface area contributed by atoms with Crippen LogP contribution in [0.1, 0.15) is 0 Å². The van der Waals surface area contributed by atoms with Crippen LogP contribution >= 0.6 is 11.6 Å². The number of hydrogen-bond donors (Lipinski definition) is 1. The number of imidazole rings is 1. The van der Waals surface area contributed by atoms with E-state index in [0.717, 1.165) is 6.26 Å². The highest BCUT2D eigenvalue weighted by atomic mass is 35.5. The van der Waals surface area contributed by atoms with E-state index >= 15 is 0 Å². The summed E-state index contributed by atoms with van der Waals surface area (Å²) in [7, 11) is -2.22. The summed E-state index contributed by atoms with van der Waals surface area (Å²) in [5, 5.41) is 3.16. The molecule has 0 saturated carbocycles. The molecular formula is C7H7ClN4O3S. The third-order valence-electron chi connectivity index (χ3n) is 1.77. The summed E-state index contributed by atoms with van der Waals surface area (Å²) >= 11 is 5.78. The van der Waals surface area contributed by atoms with Crippen LogP contribution in [0.5, 0.6) is 0 Å². The zero-order valence-electron chi connectivity index (χ0n) is 8.08. The van der Waals surface area contributed by atoms with Gasteiger partial charge in [-0.2, -0.15) is 8.42 Å².